The van der Waals surface area contributed by atoms with E-state index in [1.54, 1.807) is 0 Å². The Labute approximate surface area is 209 Å². The largest absolute Gasteiger partial charge is 0.416 e. The monoisotopic (exact) mass is 518 g/mol. The van der Waals surface area contributed by atoms with Crippen LogP contribution in [-0.4, -0.2) is 41.0 Å². The summed E-state index contributed by atoms with van der Waals surface area (Å²) in [4.78, 5) is 31.8. The molecule has 190 valence electrons. The maximum absolute atomic E-state index is 13.2. The van der Waals surface area contributed by atoms with Gasteiger partial charge in [0.15, 0.2) is 5.13 Å². The summed E-state index contributed by atoms with van der Waals surface area (Å²) >= 11 is 0.916. The van der Waals surface area contributed by atoms with Gasteiger partial charge in [0.1, 0.15) is 4.70 Å². The molecular weight excluding hydrogens is 493 g/mol. The van der Waals surface area contributed by atoms with Crippen LogP contribution in [0.25, 0.3) is 10.1 Å². The van der Waals surface area contributed by atoms with E-state index in [1.807, 2.05) is 11.0 Å². The number of rotatable bonds is 4. The number of hydrogen-bond donors (Lipinski definition) is 0. The Balaban J connectivity index is 1.31. The molecule has 5 rings (SSSR count). The summed E-state index contributed by atoms with van der Waals surface area (Å²) in [6.07, 6.45) is -0.794. The van der Waals surface area contributed by atoms with Gasteiger partial charge in [0.2, 0.25) is 0 Å². The number of benzene rings is 2. The van der Waals surface area contributed by atoms with Gasteiger partial charge in [-0.1, -0.05) is 41.7 Å². The second-order valence-electron chi connectivity index (χ2n) is 9.68. The molecule has 11 heteroatoms. The zero-order valence-electron chi connectivity index (χ0n) is 19.5. The Morgan fingerprint density at radius 2 is 1.67 bits per heavy atom. The third kappa shape index (κ3) is 4.94. The van der Waals surface area contributed by atoms with E-state index in [-0.39, 0.29) is 15.5 Å². The first-order valence-electron chi connectivity index (χ1n) is 11.9. The molecule has 3 aromatic rings. The minimum Gasteiger partial charge on any atom is -0.348 e. The van der Waals surface area contributed by atoms with Crippen molar-refractivity contribution in [2.75, 3.05) is 31.1 Å². The Kier molecular flexibility index (Phi) is 6.46. The van der Waals surface area contributed by atoms with Gasteiger partial charge in [-0.2, -0.15) is 18.2 Å². The Hall–Kier alpha value is -3.05. The number of fused-ring (bicyclic) bond motifs is 1. The van der Waals surface area contributed by atoms with E-state index in [9.17, 15) is 28.1 Å². The van der Waals surface area contributed by atoms with Gasteiger partial charge < -0.3 is 4.90 Å². The normalized spacial score (nSPS) is 18.6. The van der Waals surface area contributed by atoms with E-state index < -0.39 is 27.9 Å². The van der Waals surface area contributed by atoms with Gasteiger partial charge in [-0.15, -0.1) is 0 Å². The molecule has 2 aromatic carbocycles. The van der Waals surface area contributed by atoms with E-state index >= 15 is 0 Å². The van der Waals surface area contributed by atoms with Crippen molar-refractivity contribution in [3.63, 3.8) is 0 Å². The predicted octanol–water partition coefficient (Wildman–Crippen LogP) is 5.47. The highest BCUT2D eigenvalue weighted by molar-refractivity contribution is 7.22. The number of likely N-dealkylation sites (tertiary alicyclic amines) is 1. The first-order chi connectivity index (χ1) is 17.1. The Bertz CT molecular complexity index is 1330. The summed E-state index contributed by atoms with van der Waals surface area (Å²) < 4.78 is 39.6. The lowest BCUT2D eigenvalue weighted by atomic mass is 9.71. The number of nitro groups is 1. The molecule has 0 N–H and O–H groups in total. The number of piperidine rings is 2. The number of aromatic nitrogens is 1. The van der Waals surface area contributed by atoms with Crippen LogP contribution in [0.15, 0.2) is 47.3 Å². The highest BCUT2D eigenvalue weighted by atomic mass is 32.1. The van der Waals surface area contributed by atoms with E-state index in [4.69, 9.17) is 0 Å². The fourth-order valence-electron chi connectivity index (χ4n) is 5.27. The first-order valence-corrected chi connectivity index (χ1v) is 12.7. The van der Waals surface area contributed by atoms with Crippen molar-refractivity contribution >= 4 is 32.2 Å². The lowest BCUT2D eigenvalue weighted by Gasteiger charge is -2.47. The third-order valence-electron chi connectivity index (χ3n) is 7.47. The fraction of sp³-hybridized carbons (Fsp3) is 0.440. The predicted molar refractivity (Wildman–Crippen MR) is 132 cm³/mol. The molecule has 3 heterocycles. The first kappa shape index (κ1) is 24.6. The Morgan fingerprint density at radius 1 is 1.03 bits per heavy atom. The van der Waals surface area contributed by atoms with Crippen LogP contribution in [-0.2, 0) is 12.7 Å². The second kappa shape index (κ2) is 9.44. The molecule has 2 aliphatic rings. The van der Waals surface area contributed by atoms with Crippen LogP contribution >= 0.6 is 11.3 Å². The van der Waals surface area contributed by atoms with Crippen molar-refractivity contribution in [1.29, 1.82) is 0 Å². The molecule has 0 amide bonds. The summed E-state index contributed by atoms with van der Waals surface area (Å²) in [5.41, 5.74) is -1.29. The van der Waals surface area contributed by atoms with Crippen molar-refractivity contribution < 1.29 is 18.1 Å². The molecule has 2 saturated heterocycles. The average molecular weight is 519 g/mol. The van der Waals surface area contributed by atoms with Crippen LogP contribution in [0.3, 0.4) is 0 Å². The maximum Gasteiger partial charge on any atom is 0.416 e. The van der Waals surface area contributed by atoms with Gasteiger partial charge in [0.25, 0.3) is 11.2 Å². The molecule has 1 spiro atoms. The van der Waals surface area contributed by atoms with Gasteiger partial charge in [-0.3, -0.25) is 19.8 Å². The lowest BCUT2D eigenvalue weighted by Crippen LogP contribution is -2.46. The van der Waals surface area contributed by atoms with Gasteiger partial charge in [-0.25, -0.2) is 0 Å². The van der Waals surface area contributed by atoms with Crippen molar-refractivity contribution in [1.82, 2.24) is 9.88 Å². The van der Waals surface area contributed by atoms with E-state index in [1.165, 1.54) is 5.56 Å². The highest BCUT2D eigenvalue weighted by Crippen LogP contribution is 2.44. The van der Waals surface area contributed by atoms with E-state index in [2.05, 4.69) is 34.1 Å². The number of non-ortho nitro benzene ring substituents is 1. The smallest absolute Gasteiger partial charge is 0.348 e. The number of nitrogens with zero attached hydrogens (tertiary/aromatic N) is 4. The zero-order valence-corrected chi connectivity index (χ0v) is 20.3. The molecular formula is C25H25F3N4O3S. The standard InChI is InChI=1S/C25H25F3N4O3S/c26-25(27,28)18-14-19-21(20(15-18)32(34)35)36-23(29-22(19)33)31-12-8-24(9-13-31)6-10-30(11-7-24)16-17-4-2-1-3-5-17/h1-5,14-15H,6-13,16H2. The quantitative estimate of drug-likeness (QED) is 0.337. The third-order valence-corrected chi connectivity index (χ3v) is 8.64. The summed E-state index contributed by atoms with van der Waals surface area (Å²) in [5.74, 6) is 0. The van der Waals surface area contributed by atoms with Crippen LogP contribution in [0.5, 0.6) is 0 Å². The van der Waals surface area contributed by atoms with E-state index in [0.29, 0.717) is 30.4 Å². The number of alkyl halides is 3. The van der Waals surface area contributed by atoms with Crippen molar-refractivity contribution in [3.8, 4) is 0 Å². The van der Waals surface area contributed by atoms with Crippen molar-refractivity contribution in [3.05, 3.63) is 74.1 Å². The van der Waals surface area contributed by atoms with Crippen LogP contribution in [0.4, 0.5) is 24.0 Å². The molecule has 1 aromatic heterocycles. The number of hydrogen-bond acceptors (Lipinski definition) is 7. The Morgan fingerprint density at radius 3 is 2.28 bits per heavy atom. The minimum atomic E-state index is -4.80. The lowest BCUT2D eigenvalue weighted by molar-refractivity contribution is -0.383. The van der Waals surface area contributed by atoms with Crippen LogP contribution in [0, 0.1) is 15.5 Å². The molecule has 0 radical (unpaired) electrons. The number of halogens is 3. The van der Waals surface area contributed by atoms with Gasteiger partial charge in [0.05, 0.1) is 15.9 Å². The van der Waals surface area contributed by atoms with Gasteiger partial charge >= 0.3 is 6.18 Å². The summed E-state index contributed by atoms with van der Waals surface area (Å²) in [6.45, 7) is 4.28. The molecule has 0 aliphatic carbocycles. The topological polar surface area (TPSA) is 79.6 Å². The zero-order chi connectivity index (χ0) is 25.5. The van der Waals surface area contributed by atoms with Gasteiger partial charge in [0, 0.05) is 25.7 Å². The molecule has 7 nitrogen and oxygen atoms in total. The fourth-order valence-corrected chi connectivity index (χ4v) is 6.39. The highest BCUT2D eigenvalue weighted by Gasteiger charge is 2.38. The van der Waals surface area contributed by atoms with Gasteiger partial charge in [-0.05, 0) is 55.8 Å². The molecule has 36 heavy (non-hydrogen) atoms. The minimum absolute atomic E-state index is 0.0718. The molecule has 0 unspecified atom stereocenters. The summed E-state index contributed by atoms with van der Waals surface area (Å²) in [6, 6.07) is 11.5. The van der Waals surface area contributed by atoms with Crippen molar-refractivity contribution in [2.45, 2.75) is 38.4 Å². The number of anilines is 1. The molecule has 0 saturated carbocycles. The number of nitro benzene ring substituents is 1. The molecule has 0 bridgehead atoms. The van der Waals surface area contributed by atoms with Crippen LogP contribution < -0.4 is 10.5 Å². The molecule has 2 aliphatic heterocycles. The van der Waals surface area contributed by atoms with Crippen LogP contribution in [0.2, 0.25) is 0 Å². The summed E-state index contributed by atoms with van der Waals surface area (Å²) in [5, 5.41) is 11.5. The van der Waals surface area contributed by atoms with Crippen molar-refractivity contribution in [2.24, 2.45) is 5.41 Å². The summed E-state index contributed by atoms with van der Waals surface area (Å²) in [7, 11) is 0. The molecule has 0 atom stereocenters. The maximum atomic E-state index is 13.2. The van der Waals surface area contributed by atoms with Crippen LogP contribution in [0.1, 0.15) is 36.8 Å². The molecule has 2 fully saturated rings. The average Bonchev–Trinajstić information content (AvgIpc) is 2.85. The SMILES string of the molecule is O=c1nc(N2CCC3(CCN(Cc4ccccc4)CC3)CC2)sc2c([N+](=O)[O-])cc(C(F)(F)F)cc12. The van der Waals surface area contributed by atoms with E-state index in [0.717, 1.165) is 56.7 Å². The second-order valence-corrected chi connectivity index (χ2v) is 10.7.